The van der Waals surface area contributed by atoms with Crippen LogP contribution in [0.1, 0.15) is 24.4 Å². The minimum atomic E-state index is -4.25. The number of halogens is 4. The molecule has 1 fully saturated rings. The third kappa shape index (κ3) is 4.53. The molecule has 13 heteroatoms. The lowest BCUT2D eigenvalue weighted by Crippen LogP contribution is -2.41. The van der Waals surface area contributed by atoms with Crippen LogP contribution in [-0.2, 0) is 6.54 Å². The fourth-order valence-electron chi connectivity index (χ4n) is 5.05. The molecule has 6 rings (SSSR count). The van der Waals surface area contributed by atoms with E-state index in [0.29, 0.717) is 46.3 Å². The van der Waals surface area contributed by atoms with E-state index in [0.717, 1.165) is 0 Å². The zero-order chi connectivity index (χ0) is 26.4. The molecule has 9 nitrogen and oxygen atoms in total. The number of nitrogens with one attached hydrogen (secondary N) is 1. The van der Waals surface area contributed by atoms with E-state index in [1.807, 2.05) is 6.07 Å². The minimum Gasteiger partial charge on any atom is -0.295 e. The Morgan fingerprint density at radius 3 is 2.61 bits per heavy atom. The fraction of sp³-hybridized carbons (Fsp3) is 0.320. The van der Waals surface area contributed by atoms with E-state index in [-0.39, 0.29) is 37.3 Å². The zero-order valence-electron chi connectivity index (χ0n) is 20.0. The van der Waals surface area contributed by atoms with Crippen molar-refractivity contribution >= 4 is 22.2 Å². The van der Waals surface area contributed by atoms with E-state index < -0.39 is 18.4 Å². The molecule has 38 heavy (non-hydrogen) atoms. The number of alkyl halides is 3. The number of benzene rings is 1. The van der Waals surface area contributed by atoms with Gasteiger partial charge in [0.05, 0.1) is 24.7 Å². The van der Waals surface area contributed by atoms with Gasteiger partial charge in [-0.15, -0.1) is 0 Å². The van der Waals surface area contributed by atoms with Gasteiger partial charge in [-0.2, -0.15) is 18.3 Å². The maximum absolute atomic E-state index is 14.3. The Bertz CT molecular complexity index is 1680. The number of aromatic nitrogens is 7. The van der Waals surface area contributed by atoms with Gasteiger partial charge in [0.2, 0.25) is 0 Å². The van der Waals surface area contributed by atoms with Crippen molar-refractivity contribution in [2.45, 2.75) is 31.6 Å². The first-order valence-electron chi connectivity index (χ1n) is 12.1. The van der Waals surface area contributed by atoms with Crippen LogP contribution < -0.4 is 5.69 Å². The van der Waals surface area contributed by atoms with Gasteiger partial charge in [0.15, 0.2) is 17.1 Å². The molecule has 0 aliphatic carbocycles. The summed E-state index contributed by atoms with van der Waals surface area (Å²) in [6.07, 6.45) is -0.303. The second kappa shape index (κ2) is 9.31. The van der Waals surface area contributed by atoms with Gasteiger partial charge in [0.1, 0.15) is 17.0 Å². The van der Waals surface area contributed by atoms with Crippen molar-refractivity contribution in [1.82, 2.24) is 39.2 Å². The third-order valence-electron chi connectivity index (χ3n) is 6.80. The molecule has 1 saturated heterocycles. The summed E-state index contributed by atoms with van der Waals surface area (Å²) < 4.78 is 55.6. The van der Waals surface area contributed by atoms with Crippen LogP contribution in [0.25, 0.3) is 33.7 Å². The summed E-state index contributed by atoms with van der Waals surface area (Å²) in [5.41, 5.74) is 1.80. The highest BCUT2D eigenvalue weighted by atomic mass is 19.4. The highest BCUT2D eigenvalue weighted by Crippen LogP contribution is 2.29. The molecule has 196 valence electrons. The van der Waals surface area contributed by atoms with Crippen molar-refractivity contribution in [2.24, 2.45) is 0 Å². The van der Waals surface area contributed by atoms with Crippen molar-refractivity contribution in [1.29, 1.82) is 0 Å². The van der Waals surface area contributed by atoms with Crippen LogP contribution >= 0.6 is 0 Å². The Hall–Kier alpha value is -4.13. The van der Waals surface area contributed by atoms with Gasteiger partial charge >= 0.3 is 11.9 Å². The van der Waals surface area contributed by atoms with Gasteiger partial charge in [-0.05, 0) is 31.0 Å². The van der Waals surface area contributed by atoms with E-state index in [2.05, 4.69) is 25.0 Å². The Kier molecular flexibility index (Phi) is 5.94. The second-order valence-electron chi connectivity index (χ2n) is 9.32. The molecule has 1 aromatic carbocycles. The molecular weight excluding hydrogens is 504 g/mol. The molecule has 5 aromatic rings. The number of imidazole rings is 1. The Morgan fingerprint density at radius 2 is 1.84 bits per heavy atom. The lowest BCUT2D eigenvalue weighted by molar-refractivity contribution is -0.148. The summed E-state index contributed by atoms with van der Waals surface area (Å²) in [4.78, 5) is 30.4. The molecule has 5 heterocycles. The minimum absolute atomic E-state index is 0.155. The lowest BCUT2D eigenvalue weighted by atomic mass is 10.0. The quantitative estimate of drug-likeness (QED) is 0.349. The third-order valence-corrected chi connectivity index (χ3v) is 6.80. The Morgan fingerprint density at radius 1 is 1.05 bits per heavy atom. The van der Waals surface area contributed by atoms with Gasteiger partial charge in [-0.3, -0.25) is 14.5 Å². The maximum atomic E-state index is 14.3. The number of piperidine rings is 1. The number of pyridine rings is 1. The van der Waals surface area contributed by atoms with E-state index in [1.54, 1.807) is 35.1 Å². The predicted molar refractivity (Wildman–Crippen MR) is 131 cm³/mol. The number of likely N-dealkylation sites (tertiary alicyclic amines) is 1. The summed E-state index contributed by atoms with van der Waals surface area (Å²) in [7, 11) is 0. The number of rotatable bonds is 5. The zero-order valence-corrected chi connectivity index (χ0v) is 20.0. The summed E-state index contributed by atoms with van der Waals surface area (Å²) in [5, 5.41) is 5.29. The molecule has 0 saturated carbocycles. The molecule has 1 aliphatic rings. The largest absolute Gasteiger partial charge is 0.401 e. The predicted octanol–water partition coefficient (Wildman–Crippen LogP) is 3.92. The molecule has 4 aromatic heterocycles. The van der Waals surface area contributed by atoms with Gasteiger partial charge < -0.3 is 0 Å². The summed E-state index contributed by atoms with van der Waals surface area (Å²) in [6, 6.07) is 9.73. The smallest absolute Gasteiger partial charge is 0.295 e. The van der Waals surface area contributed by atoms with E-state index in [4.69, 9.17) is 0 Å². The average Bonchev–Trinajstić information content (AvgIpc) is 3.41. The number of hydrogen-bond acceptors (Lipinski definition) is 6. The number of aromatic amines is 1. The van der Waals surface area contributed by atoms with Crippen molar-refractivity contribution in [2.75, 3.05) is 19.6 Å². The SMILES string of the molecule is O=c1[nH]c2nc(-c3nn(Cc4ccccc4F)c4ncccc34)ncc2n1C1CCN(CC(F)(F)F)CC1. The van der Waals surface area contributed by atoms with Gasteiger partial charge in [0.25, 0.3) is 0 Å². The van der Waals surface area contributed by atoms with Gasteiger partial charge in [-0.25, -0.2) is 28.8 Å². The first-order valence-corrected chi connectivity index (χ1v) is 12.1. The van der Waals surface area contributed by atoms with Gasteiger partial charge in [0, 0.05) is 30.9 Å². The molecule has 0 atom stereocenters. The first-order chi connectivity index (χ1) is 18.3. The lowest BCUT2D eigenvalue weighted by Gasteiger charge is -2.32. The topological polar surface area (TPSA) is 97.5 Å². The van der Waals surface area contributed by atoms with Crippen LogP contribution in [-0.4, -0.2) is 65.0 Å². The second-order valence-corrected chi connectivity index (χ2v) is 9.32. The highest BCUT2D eigenvalue weighted by Gasteiger charge is 2.33. The average molecular weight is 526 g/mol. The summed E-state index contributed by atoms with van der Waals surface area (Å²) in [6.45, 7) is -0.328. The van der Waals surface area contributed by atoms with E-state index in [9.17, 15) is 22.4 Å². The fourth-order valence-corrected chi connectivity index (χ4v) is 5.05. The molecule has 0 amide bonds. The van der Waals surface area contributed by atoms with Crippen molar-refractivity contribution in [3.63, 3.8) is 0 Å². The van der Waals surface area contributed by atoms with Crippen LogP contribution in [0.3, 0.4) is 0 Å². The standard InChI is InChI=1S/C25H22F4N8O/c26-18-6-2-1-4-15(18)13-36-23-17(5-3-9-30-23)20(34-36)22-31-12-19-21(32-22)33-24(38)37(19)16-7-10-35(11-8-16)14-25(27,28)29/h1-6,9,12,16H,7-8,10-11,13-14H2,(H,31,32,33,38). The van der Waals surface area contributed by atoms with E-state index >= 15 is 0 Å². The number of nitrogens with zero attached hydrogens (tertiary/aromatic N) is 7. The van der Waals surface area contributed by atoms with Gasteiger partial charge in [-0.1, -0.05) is 18.2 Å². The normalized spacial score (nSPS) is 15.6. The molecule has 0 spiro atoms. The molecule has 1 aliphatic heterocycles. The number of fused-ring (bicyclic) bond motifs is 2. The maximum Gasteiger partial charge on any atom is 0.401 e. The summed E-state index contributed by atoms with van der Waals surface area (Å²) >= 11 is 0. The van der Waals surface area contributed by atoms with Crippen LogP contribution in [0.4, 0.5) is 17.6 Å². The Balaban J connectivity index is 1.32. The van der Waals surface area contributed by atoms with Crippen LogP contribution in [0, 0.1) is 5.82 Å². The van der Waals surface area contributed by atoms with Crippen molar-refractivity contribution in [3.8, 4) is 11.5 Å². The monoisotopic (exact) mass is 526 g/mol. The first kappa shape index (κ1) is 24.2. The molecule has 0 bridgehead atoms. The van der Waals surface area contributed by atoms with Crippen LogP contribution in [0.15, 0.2) is 53.6 Å². The van der Waals surface area contributed by atoms with Crippen LogP contribution in [0.5, 0.6) is 0 Å². The molecule has 0 unspecified atom stereocenters. The summed E-state index contributed by atoms with van der Waals surface area (Å²) in [5.74, 6) is -0.0920. The highest BCUT2D eigenvalue weighted by molar-refractivity contribution is 5.90. The van der Waals surface area contributed by atoms with Crippen molar-refractivity contribution in [3.05, 3.63) is 70.7 Å². The van der Waals surface area contributed by atoms with Crippen LogP contribution in [0.2, 0.25) is 0 Å². The van der Waals surface area contributed by atoms with E-state index in [1.165, 1.54) is 21.7 Å². The molecule has 1 N–H and O–H groups in total. The van der Waals surface area contributed by atoms with Crippen molar-refractivity contribution < 1.29 is 17.6 Å². The molecular formula is C25H22F4N8O. The number of H-pyrrole nitrogens is 1. The Labute approximate surface area is 212 Å². The molecule has 0 radical (unpaired) electrons. The number of hydrogen-bond donors (Lipinski definition) is 1.